The van der Waals surface area contributed by atoms with Crippen molar-refractivity contribution in [1.29, 1.82) is 0 Å². The van der Waals surface area contributed by atoms with Gasteiger partial charge in [0.1, 0.15) is 0 Å². The van der Waals surface area contributed by atoms with Crippen molar-refractivity contribution in [2.45, 2.75) is 67.2 Å². The molecule has 0 aromatic carbocycles. The summed E-state index contributed by atoms with van der Waals surface area (Å²) in [7, 11) is 0. The van der Waals surface area contributed by atoms with Gasteiger partial charge in [-0.05, 0) is 12.8 Å². The van der Waals surface area contributed by atoms with Crippen LogP contribution in [0, 0.1) is 0 Å². The van der Waals surface area contributed by atoms with Crippen molar-refractivity contribution in [3.63, 3.8) is 0 Å². The maximum atomic E-state index is 12.8. The molecule has 0 aromatic heterocycles. The fourth-order valence-electron chi connectivity index (χ4n) is 2.65. The van der Waals surface area contributed by atoms with Crippen LogP contribution in [0.3, 0.4) is 0 Å². The summed E-state index contributed by atoms with van der Waals surface area (Å²) in [5, 5.41) is 0. The second-order valence-corrected chi connectivity index (χ2v) is 19.2. The van der Waals surface area contributed by atoms with Gasteiger partial charge < -0.3 is 18.9 Å². The number of rotatable bonds is 17. The zero-order valence-electron chi connectivity index (χ0n) is 20.7. The molecule has 0 spiro atoms. The molecule has 0 aromatic rings. The van der Waals surface area contributed by atoms with Crippen molar-refractivity contribution in [1.82, 2.24) is 19.2 Å². The monoisotopic (exact) mass is 530 g/mol. The zero-order chi connectivity index (χ0) is 24.6. The first-order valence-electron chi connectivity index (χ1n) is 11.8. The van der Waals surface area contributed by atoms with E-state index in [-0.39, 0.29) is 12.1 Å². The van der Waals surface area contributed by atoms with Gasteiger partial charge in [-0.2, -0.15) is 0 Å². The van der Waals surface area contributed by atoms with Gasteiger partial charge in [-0.1, -0.05) is 54.4 Å². The first-order valence-corrected chi connectivity index (χ1v) is 18.8. The maximum Gasteiger partial charge on any atom is 0.327 e. The molecule has 4 amide bonds. The maximum absolute atomic E-state index is 12.8. The van der Waals surface area contributed by atoms with Gasteiger partial charge >= 0.3 is 12.1 Å². The van der Waals surface area contributed by atoms with Gasteiger partial charge in [-0.15, -0.1) is 0 Å². The summed E-state index contributed by atoms with van der Waals surface area (Å²) in [4.78, 5) is 28.9. The third-order valence-electron chi connectivity index (χ3n) is 5.30. The van der Waals surface area contributed by atoms with Crippen molar-refractivity contribution in [3.8, 4) is 0 Å². The third-order valence-corrected chi connectivity index (χ3v) is 16.0. The van der Waals surface area contributed by atoms with Gasteiger partial charge in [0.2, 0.25) is 0 Å². The Kier molecular flexibility index (Phi) is 17.0. The highest BCUT2D eigenvalue weighted by Crippen LogP contribution is 2.56. The number of nitrogens with one attached hydrogen (secondary N) is 2. The average molecular weight is 531 g/mol. The van der Waals surface area contributed by atoms with Gasteiger partial charge in [0.25, 0.3) is 0 Å². The van der Waals surface area contributed by atoms with E-state index in [1.165, 1.54) is 0 Å². The van der Waals surface area contributed by atoms with Crippen molar-refractivity contribution in [2.24, 2.45) is 0 Å². The predicted molar refractivity (Wildman–Crippen MR) is 143 cm³/mol. The molecule has 0 fully saturated rings. The van der Waals surface area contributed by atoms with E-state index in [1.54, 1.807) is 9.80 Å². The highest BCUT2D eigenvalue weighted by Gasteiger charge is 2.24. The molecule has 0 rings (SSSR count). The summed E-state index contributed by atoms with van der Waals surface area (Å²) in [6, 6.07) is -0.533. The van der Waals surface area contributed by atoms with E-state index in [1.807, 2.05) is 27.7 Å². The number of carbonyl (C=O) groups excluding carboxylic acids is 2. The van der Waals surface area contributed by atoms with Gasteiger partial charge in [0.05, 0.1) is 0 Å². The van der Waals surface area contributed by atoms with E-state index in [4.69, 9.17) is 0 Å². The molecule has 0 aliphatic carbocycles. The van der Waals surface area contributed by atoms with Crippen LogP contribution in [-0.4, -0.2) is 72.7 Å². The number of unbranched alkanes of at least 4 members (excludes halogenated alkanes) is 2. The topological polar surface area (TPSA) is 98.8 Å². The van der Waals surface area contributed by atoms with Crippen LogP contribution in [0.2, 0.25) is 0 Å². The number of amides is 4. The van der Waals surface area contributed by atoms with E-state index in [9.17, 15) is 18.7 Å². The van der Waals surface area contributed by atoms with E-state index >= 15 is 0 Å². The van der Waals surface area contributed by atoms with Crippen molar-refractivity contribution < 1.29 is 18.7 Å². The molecule has 32 heavy (non-hydrogen) atoms. The molecule has 0 radical (unpaired) electrons. The smallest absolute Gasteiger partial charge is 0.322 e. The second-order valence-electron chi connectivity index (χ2n) is 7.57. The summed E-state index contributed by atoms with van der Waals surface area (Å²) in [5.41, 5.74) is 0. The van der Waals surface area contributed by atoms with Gasteiger partial charge in [0, 0.05) is 74.0 Å². The minimum atomic E-state index is -2.45. The Morgan fingerprint density at radius 2 is 0.938 bits per heavy atom. The molecule has 0 unspecified atom stereocenters. The van der Waals surface area contributed by atoms with Crippen molar-refractivity contribution in [2.75, 3.05) is 50.8 Å². The first-order chi connectivity index (χ1) is 15.1. The Labute approximate surface area is 203 Å². The van der Waals surface area contributed by atoms with Crippen LogP contribution in [-0.2, 0) is 9.13 Å². The minimum absolute atomic E-state index is 0.266. The Hall–Kier alpha value is -0.300. The quantitative estimate of drug-likeness (QED) is 0.164. The van der Waals surface area contributed by atoms with Gasteiger partial charge in [0.15, 0.2) is 12.7 Å². The standard InChI is InChI=1S/C20H44N4O4P2S2/c1-7-13-15-23(19(25)21-31-29(27,9-3)10-4)17-18-24(16-14-8-2)20(26)22-32-30(28,11-5)12-6/h7-18H2,1-6H3,(H,21,25)(H,22,26). The van der Waals surface area contributed by atoms with Crippen LogP contribution in [0.1, 0.15) is 67.2 Å². The molecule has 0 atom stereocenters. The minimum Gasteiger partial charge on any atom is -0.322 e. The molecule has 0 aliphatic heterocycles. The van der Waals surface area contributed by atoms with Crippen LogP contribution in [0.25, 0.3) is 0 Å². The zero-order valence-corrected chi connectivity index (χ0v) is 24.1. The Balaban J connectivity index is 5.11. The number of urea groups is 2. The molecular formula is C20H44N4O4P2S2. The fourth-order valence-corrected chi connectivity index (χ4v) is 7.82. The SMILES string of the molecule is CCCCN(CCN(CCCC)C(=O)NSP(=O)(CC)CC)C(=O)NSP(=O)(CC)CC. The number of nitrogens with zero attached hydrogens (tertiary/aromatic N) is 2. The Morgan fingerprint density at radius 1 is 0.625 bits per heavy atom. The number of hydrogen-bond donors (Lipinski definition) is 2. The molecule has 12 heteroatoms. The van der Waals surface area contributed by atoms with Crippen LogP contribution in [0.4, 0.5) is 9.59 Å². The lowest BCUT2D eigenvalue weighted by atomic mass is 10.3. The lowest BCUT2D eigenvalue weighted by molar-refractivity contribution is 0.180. The summed E-state index contributed by atoms with van der Waals surface area (Å²) in [5.74, 6) is 0. The highest BCUT2D eigenvalue weighted by molar-refractivity contribution is 8.57. The third kappa shape index (κ3) is 12.2. The largest absolute Gasteiger partial charge is 0.327 e. The van der Waals surface area contributed by atoms with E-state index in [0.717, 1.165) is 48.8 Å². The van der Waals surface area contributed by atoms with Crippen molar-refractivity contribution >= 4 is 47.9 Å². The summed E-state index contributed by atoms with van der Waals surface area (Å²) in [6.07, 6.45) is 0.831. The highest BCUT2D eigenvalue weighted by atomic mass is 32.7. The Morgan fingerprint density at radius 3 is 1.19 bits per heavy atom. The van der Waals surface area contributed by atoms with Gasteiger partial charge in [-0.25, -0.2) is 9.59 Å². The van der Waals surface area contributed by atoms with Gasteiger partial charge in [-0.3, -0.25) is 9.44 Å². The molecular weight excluding hydrogens is 486 g/mol. The van der Waals surface area contributed by atoms with Crippen LogP contribution in [0.15, 0.2) is 0 Å². The van der Waals surface area contributed by atoms with Crippen LogP contribution >= 0.6 is 35.8 Å². The first kappa shape index (κ1) is 31.7. The summed E-state index contributed by atoms with van der Waals surface area (Å²) in [6.45, 7) is 13.5. The van der Waals surface area contributed by atoms with Crippen LogP contribution < -0.4 is 9.44 Å². The molecule has 0 bridgehead atoms. The molecule has 190 valence electrons. The lowest BCUT2D eigenvalue weighted by Crippen LogP contribution is -2.46. The average Bonchev–Trinajstić information content (AvgIpc) is 2.82. The number of carbonyl (C=O) groups is 2. The lowest BCUT2D eigenvalue weighted by Gasteiger charge is -2.28. The van der Waals surface area contributed by atoms with E-state index in [2.05, 4.69) is 23.3 Å². The summed E-state index contributed by atoms with van der Waals surface area (Å²) < 4.78 is 30.8. The molecule has 8 nitrogen and oxygen atoms in total. The molecule has 0 aliphatic rings. The number of hydrogen-bond acceptors (Lipinski definition) is 6. The van der Waals surface area contributed by atoms with E-state index in [0.29, 0.717) is 50.8 Å². The molecule has 2 N–H and O–H groups in total. The molecule has 0 saturated heterocycles. The molecule has 0 saturated carbocycles. The van der Waals surface area contributed by atoms with Crippen LogP contribution in [0.5, 0.6) is 0 Å². The van der Waals surface area contributed by atoms with Crippen molar-refractivity contribution in [3.05, 3.63) is 0 Å². The predicted octanol–water partition coefficient (Wildman–Crippen LogP) is 6.54. The molecule has 0 heterocycles. The van der Waals surface area contributed by atoms with E-state index < -0.39 is 12.7 Å². The Bertz CT molecular complexity index is 585. The second kappa shape index (κ2) is 17.2. The normalized spacial score (nSPS) is 11.8. The summed E-state index contributed by atoms with van der Waals surface area (Å²) >= 11 is 2.10. The fraction of sp³-hybridized carbons (Fsp3) is 0.900.